The molecule has 0 spiro atoms. The second kappa shape index (κ2) is 5.19. The molecule has 0 heterocycles. The van der Waals surface area contributed by atoms with Crippen molar-refractivity contribution in [3.63, 3.8) is 0 Å². The van der Waals surface area contributed by atoms with Gasteiger partial charge in [-0.15, -0.1) is 0 Å². The molecule has 1 aromatic rings. The molecule has 0 saturated carbocycles. The quantitative estimate of drug-likeness (QED) is 0.488. The first-order valence-corrected chi connectivity index (χ1v) is 3.24. The molecule has 0 amide bonds. The average molecular weight is 173 g/mol. The Balaban J connectivity index is 0.00000121. The van der Waals surface area contributed by atoms with Crippen LogP contribution in [-0.2, 0) is 0 Å². The number of carbonyl (C=O) groups is 1. The van der Waals surface area contributed by atoms with E-state index in [-0.39, 0.29) is 35.1 Å². The number of rotatable bonds is 2. The summed E-state index contributed by atoms with van der Waals surface area (Å²) in [5.41, 5.74) is 0.766. The van der Waals surface area contributed by atoms with Crippen LogP contribution in [0, 0.1) is 0 Å². The van der Waals surface area contributed by atoms with Gasteiger partial charge in [0.2, 0.25) is 0 Å². The van der Waals surface area contributed by atoms with Gasteiger partial charge >= 0.3 is 29.6 Å². The topological polar surface area (TPSA) is 52.2 Å². The van der Waals surface area contributed by atoms with Crippen LogP contribution in [0.25, 0.3) is 0 Å². The SMILES string of the molecule is CNc1ccccc1C(=O)[O-].[Na+]. The predicted molar refractivity (Wildman–Crippen MR) is 40.3 cm³/mol. The molecule has 1 N–H and O–H groups in total. The first-order valence-electron chi connectivity index (χ1n) is 3.24. The summed E-state index contributed by atoms with van der Waals surface area (Å²) in [7, 11) is 1.67. The molecule has 0 aliphatic carbocycles. The standard InChI is InChI=1S/C8H9NO2.Na/c1-9-7-5-3-2-4-6(7)8(10)11;/h2-5,9H,1H3,(H,10,11);/q;+1/p-1. The van der Waals surface area contributed by atoms with Crippen LogP contribution in [0.3, 0.4) is 0 Å². The van der Waals surface area contributed by atoms with Crippen molar-refractivity contribution >= 4 is 11.7 Å². The number of nitrogens with one attached hydrogen (secondary N) is 1. The van der Waals surface area contributed by atoms with E-state index in [1.165, 1.54) is 6.07 Å². The number of carboxylic acids is 1. The molecule has 0 aliphatic rings. The fourth-order valence-corrected chi connectivity index (χ4v) is 0.879. The summed E-state index contributed by atoms with van der Waals surface area (Å²) in [6.45, 7) is 0. The summed E-state index contributed by atoms with van der Waals surface area (Å²) in [6, 6.07) is 6.61. The van der Waals surface area contributed by atoms with Crippen LogP contribution >= 0.6 is 0 Å². The second-order valence-corrected chi connectivity index (χ2v) is 2.08. The summed E-state index contributed by atoms with van der Waals surface area (Å²) in [5.74, 6) is -1.16. The van der Waals surface area contributed by atoms with E-state index < -0.39 is 5.97 Å². The van der Waals surface area contributed by atoms with E-state index >= 15 is 0 Å². The van der Waals surface area contributed by atoms with E-state index in [9.17, 15) is 9.90 Å². The largest absolute Gasteiger partial charge is 1.00 e. The van der Waals surface area contributed by atoms with Crippen molar-refractivity contribution in [3.8, 4) is 0 Å². The molecule has 58 valence electrons. The van der Waals surface area contributed by atoms with E-state index in [0.29, 0.717) is 5.69 Å². The van der Waals surface area contributed by atoms with Crippen LogP contribution in [0.5, 0.6) is 0 Å². The molecule has 0 unspecified atom stereocenters. The fourth-order valence-electron chi connectivity index (χ4n) is 0.879. The van der Waals surface area contributed by atoms with E-state index in [1.54, 1.807) is 25.2 Å². The minimum Gasteiger partial charge on any atom is -0.545 e. The van der Waals surface area contributed by atoms with Crippen LogP contribution < -0.4 is 40.0 Å². The maximum absolute atomic E-state index is 10.4. The van der Waals surface area contributed by atoms with Gasteiger partial charge in [-0.3, -0.25) is 0 Å². The summed E-state index contributed by atoms with van der Waals surface area (Å²) in [4.78, 5) is 10.4. The van der Waals surface area contributed by atoms with E-state index in [0.717, 1.165) is 0 Å². The van der Waals surface area contributed by atoms with Gasteiger partial charge in [-0.25, -0.2) is 0 Å². The van der Waals surface area contributed by atoms with Crippen molar-refractivity contribution in [2.45, 2.75) is 0 Å². The molecule has 12 heavy (non-hydrogen) atoms. The molecule has 0 atom stereocenters. The molecule has 4 heteroatoms. The maximum Gasteiger partial charge on any atom is 1.00 e. The van der Waals surface area contributed by atoms with E-state index in [1.807, 2.05) is 0 Å². The Bertz CT molecular complexity index is 276. The van der Waals surface area contributed by atoms with Crippen LogP contribution in [0.2, 0.25) is 0 Å². The van der Waals surface area contributed by atoms with Crippen LogP contribution in [0.15, 0.2) is 24.3 Å². The van der Waals surface area contributed by atoms with Crippen molar-refractivity contribution in [2.24, 2.45) is 0 Å². The normalized spacial score (nSPS) is 8.42. The number of carbonyl (C=O) groups excluding carboxylic acids is 1. The zero-order chi connectivity index (χ0) is 8.27. The number of para-hydroxylation sites is 1. The Morgan fingerprint density at radius 1 is 1.42 bits per heavy atom. The number of benzene rings is 1. The third-order valence-electron chi connectivity index (χ3n) is 1.42. The van der Waals surface area contributed by atoms with Crippen molar-refractivity contribution in [1.82, 2.24) is 0 Å². The molecular formula is C8H8NNaO2. The summed E-state index contributed by atoms with van der Waals surface area (Å²) < 4.78 is 0. The second-order valence-electron chi connectivity index (χ2n) is 2.08. The molecule has 3 nitrogen and oxygen atoms in total. The van der Waals surface area contributed by atoms with Gasteiger partial charge in [0.15, 0.2) is 0 Å². The number of carboxylic acid groups (broad SMARTS) is 1. The van der Waals surface area contributed by atoms with E-state index in [4.69, 9.17) is 0 Å². The number of aromatic carboxylic acids is 1. The van der Waals surface area contributed by atoms with Gasteiger partial charge in [-0.05, 0) is 6.07 Å². The molecular weight excluding hydrogens is 165 g/mol. The predicted octanol–water partition coefficient (Wildman–Crippen LogP) is -2.90. The monoisotopic (exact) mass is 173 g/mol. The van der Waals surface area contributed by atoms with Crippen LogP contribution in [0.1, 0.15) is 10.4 Å². The van der Waals surface area contributed by atoms with Crippen molar-refractivity contribution in [1.29, 1.82) is 0 Å². The third-order valence-corrected chi connectivity index (χ3v) is 1.42. The van der Waals surface area contributed by atoms with Crippen LogP contribution in [-0.4, -0.2) is 13.0 Å². The maximum atomic E-state index is 10.4. The van der Waals surface area contributed by atoms with Gasteiger partial charge in [0.05, 0.1) is 5.97 Å². The molecule has 0 aromatic heterocycles. The summed E-state index contributed by atoms with van der Waals surface area (Å²) in [6.07, 6.45) is 0. The summed E-state index contributed by atoms with van der Waals surface area (Å²) >= 11 is 0. The van der Waals surface area contributed by atoms with Gasteiger partial charge in [0.1, 0.15) is 0 Å². The minimum atomic E-state index is -1.16. The molecule has 0 radical (unpaired) electrons. The van der Waals surface area contributed by atoms with E-state index in [2.05, 4.69) is 5.32 Å². The van der Waals surface area contributed by atoms with Gasteiger partial charge in [-0.2, -0.15) is 0 Å². The minimum absolute atomic E-state index is 0. The van der Waals surface area contributed by atoms with Crippen molar-refractivity contribution < 1.29 is 39.5 Å². The Morgan fingerprint density at radius 2 is 2.00 bits per heavy atom. The first kappa shape index (κ1) is 11.5. The Kier molecular flexibility index (Phi) is 4.97. The smallest absolute Gasteiger partial charge is 0.545 e. The van der Waals surface area contributed by atoms with Gasteiger partial charge in [0.25, 0.3) is 0 Å². The van der Waals surface area contributed by atoms with Crippen molar-refractivity contribution in [3.05, 3.63) is 29.8 Å². The molecule has 0 fully saturated rings. The molecule has 1 rings (SSSR count). The Labute approximate surface area is 93.1 Å². The van der Waals surface area contributed by atoms with Gasteiger partial charge in [-0.1, -0.05) is 18.2 Å². The molecule has 0 bridgehead atoms. The molecule has 1 aromatic carbocycles. The summed E-state index contributed by atoms with van der Waals surface area (Å²) in [5, 5.41) is 13.2. The van der Waals surface area contributed by atoms with Crippen LogP contribution in [0.4, 0.5) is 5.69 Å². The number of anilines is 1. The van der Waals surface area contributed by atoms with Crippen molar-refractivity contribution in [2.75, 3.05) is 12.4 Å². The zero-order valence-electron chi connectivity index (χ0n) is 7.13. The first-order chi connectivity index (χ1) is 5.25. The Morgan fingerprint density at radius 3 is 2.42 bits per heavy atom. The number of hydrogen-bond acceptors (Lipinski definition) is 3. The van der Waals surface area contributed by atoms with Gasteiger partial charge < -0.3 is 15.2 Å². The van der Waals surface area contributed by atoms with Gasteiger partial charge in [0, 0.05) is 18.3 Å². The average Bonchev–Trinajstić information content (AvgIpc) is 2.04. The number of hydrogen-bond donors (Lipinski definition) is 1. The third kappa shape index (κ3) is 2.52. The zero-order valence-corrected chi connectivity index (χ0v) is 9.13. The Hall–Kier alpha value is -0.510. The molecule has 0 saturated heterocycles. The fraction of sp³-hybridized carbons (Fsp3) is 0.125. The molecule has 0 aliphatic heterocycles.